The molecule has 0 saturated carbocycles. The third-order valence-electron chi connectivity index (χ3n) is 6.16. The summed E-state index contributed by atoms with van der Waals surface area (Å²) in [5, 5.41) is 12.4. The summed E-state index contributed by atoms with van der Waals surface area (Å²) < 4.78 is 2.43. The molecule has 4 aromatic rings. The molecule has 140 valence electrons. The molecule has 0 amide bonds. The molecule has 1 heterocycles. The van der Waals surface area contributed by atoms with Crippen LogP contribution in [0, 0.1) is 13.8 Å². The fourth-order valence-corrected chi connectivity index (χ4v) is 4.76. The van der Waals surface area contributed by atoms with Crippen LogP contribution in [0.5, 0.6) is 5.75 Å². The molecule has 0 radical (unpaired) electrons. The topological polar surface area (TPSA) is 25.2 Å². The van der Waals surface area contributed by atoms with Gasteiger partial charge in [-0.1, -0.05) is 48.0 Å². The Bertz CT molecular complexity index is 1180. The predicted octanol–water partition coefficient (Wildman–Crippen LogP) is 6.50. The highest BCUT2D eigenvalue weighted by atomic mass is 16.3. The van der Waals surface area contributed by atoms with E-state index in [-0.39, 0.29) is 0 Å². The van der Waals surface area contributed by atoms with E-state index in [1.54, 1.807) is 6.07 Å². The van der Waals surface area contributed by atoms with Crippen LogP contribution in [0.3, 0.4) is 0 Å². The number of aryl methyl sites for hydroxylation is 1. The first-order valence-electron chi connectivity index (χ1n) is 10.2. The van der Waals surface area contributed by atoms with E-state index in [4.69, 9.17) is 0 Å². The number of aromatic hydroxyl groups is 1. The number of benzene rings is 3. The molecule has 0 aliphatic heterocycles. The minimum Gasteiger partial charge on any atom is -0.508 e. The van der Waals surface area contributed by atoms with E-state index in [1.807, 2.05) is 12.1 Å². The molecule has 3 aromatic carbocycles. The van der Waals surface area contributed by atoms with E-state index in [0.717, 1.165) is 29.3 Å². The first-order chi connectivity index (χ1) is 13.6. The van der Waals surface area contributed by atoms with Gasteiger partial charge in [0.1, 0.15) is 5.75 Å². The number of aromatic nitrogens is 1. The highest BCUT2D eigenvalue weighted by molar-refractivity contribution is 5.92. The Hall–Kier alpha value is -3.00. The van der Waals surface area contributed by atoms with Crippen LogP contribution in [-0.4, -0.2) is 9.67 Å². The maximum absolute atomic E-state index is 10.1. The average molecular weight is 367 g/mol. The lowest BCUT2D eigenvalue weighted by Gasteiger charge is -2.16. The lowest BCUT2D eigenvalue weighted by atomic mass is 9.90. The lowest BCUT2D eigenvalue weighted by Crippen LogP contribution is -2.01. The van der Waals surface area contributed by atoms with Gasteiger partial charge >= 0.3 is 0 Å². The Kier molecular flexibility index (Phi) is 4.01. The molecule has 0 unspecified atom stereocenters. The molecule has 2 heteroatoms. The molecule has 1 N–H and O–H groups in total. The van der Waals surface area contributed by atoms with Gasteiger partial charge in [0.25, 0.3) is 0 Å². The number of hydrogen-bond acceptors (Lipinski definition) is 1. The molecule has 2 nitrogen and oxygen atoms in total. The molecule has 0 bridgehead atoms. The highest BCUT2D eigenvalue weighted by Gasteiger charge is 2.25. The van der Waals surface area contributed by atoms with Crippen LogP contribution in [-0.2, 0) is 12.8 Å². The monoisotopic (exact) mass is 367 g/mol. The Morgan fingerprint density at radius 3 is 2.36 bits per heavy atom. The molecule has 5 rings (SSSR count). The van der Waals surface area contributed by atoms with E-state index in [0.29, 0.717) is 5.75 Å². The van der Waals surface area contributed by atoms with Crippen LogP contribution < -0.4 is 0 Å². The maximum atomic E-state index is 10.1. The SMILES string of the molecule is Cc1ccc(-c2c3c(c(C)n2-c2cccc4ccc(O)cc24)CCCC3)cc1. The Balaban J connectivity index is 1.87. The zero-order valence-corrected chi connectivity index (χ0v) is 16.5. The van der Waals surface area contributed by atoms with Crippen molar-refractivity contribution >= 4 is 10.8 Å². The van der Waals surface area contributed by atoms with Gasteiger partial charge in [0.2, 0.25) is 0 Å². The van der Waals surface area contributed by atoms with Crippen LogP contribution in [0.15, 0.2) is 60.7 Å². The van der Waals surface area contributed by atoms with Gasteiger partial charge in [-0.2, -0.15) is 0 Å². The molecule has 1 aliphatic carbocycles. The number of rotatable bonds is 2. The van der Waals surface area contributed by atoms with Gasteiger partial charge in [-0.25, -0.2) is 0 Å². The van der Waals surface area contributed by atoms with Crippen LogP contribution in [0.1, 0.15) is 35.2 Å². The normalized spacial score (nSPS) is 13.6. The summed E-state index contributed by atoms with van der Waals surface area (Å²) in [5.74, 6) is 0.311. The second kappa shape index (κ2) is 6.56. The summed E-state index contributed by atoms with van der Waals surface area (Å²) in [6.07, 6.45) is 4.82. The van der Waals surface area contributed by atoms with Crippen LogP contribution in [0.2, 0.25) is 0 Å². The number of fused-ring (bicyclic) bond motifs is 2. The first kappa shape index (κ1) is 17.1. The van der Waals surface area contributed by atoms with Crippen molar-refractivity contribution in [1.82, 2.24) is 4.57 Å². The van der Waals surface area contributed by atoms with E-state index in [9.17, 15) is 5.11 Å². The minimum absolute atomic E-state index is 0.311. The molecular weight excluding hydrogens is 342 g/mol. The fourth-order valence-electron chi connectivity index (χ4n) is 4.76. The van der Waals surface area contributed by atoms with Gasteiger partial charge in [-0.15, -0.1) is 0 Å². The van der Waals surface area contributed by atoms with Crippen LogP contribution >= 0.6 is 0 Å². The van der Waals surface area contributed by atoms with Gasteiger partial charge in [-0.05, 0) is 79.8 Å². The minimum atomic E-state index is 0.311. The third kappa shape index (κ3) is 2.63. The largest absolute Gasteiger partial charge is 0.508 e. The summed E-state index contributed by atoms with van der Waals surface area (Å²) in [4.78, 5) is 0. The summed E-state index contributed by atoms with van der Waals surface area (Å²) >= 11 is 0. The Morgan fingerprint density at radius 1 is 0.821 bits per heavy atom. The average Bonchev–Trinajstić information content (AvgIpc) is 3.01. The fraction of sp³-hybridized carbons (Fsp3) is 0.231. The Labute approximate surface area is 166 Å². The number of phenols is 1. The van der Waals surface area contributed by atoms with Gasteiger partial charge in [-0.3, -0.25) is 0 Å². The van der Waals surface area contributed by atoms with Crippen molar-refractivity contribution in [3.05, 3.63) is 83.0 Å². The van der Waals surface area contributed by atoms with Crippen molar-refractivity contribution in [2.45, 2.75) is 39.5 Å². The zero-order chi connectivity index (χ0) is 19.3. The quantitative estimate of drug-likeness (QED) is 0.430. The standard InChI is InChI=1S/C26H25NO/c1-17-10-12-20(13-11-17)26-23-8-4-3-7-22(23)18(2)27(26)25-9-5-6-19-14-15-21(28)16-24(19)25/h5-6,9-16,28H,3-4,7-8H2,1-2H3. The van der Waals surface area contributed by atoms with E-state index in [1.165, 1.54) is 46.5 Å². The first-order valence-corrected chi connectivity index (χ1v) is 10.2. The molecular formula is C26H25NO. The maximum Gasteiger partial charge on any atom is 0.116 e. The van der Waals surface area contributed by atoms with Crippen molar-refractivity contribution < 1.29 is 5.11 Å². The van der Waals surface area contributed by atoms with Gasteiger partial charge in [0, 0.05) is 11.1 Å². The number of nitrogens with zero attached hydrogens (tertiary/aromatic N) is 1. The lowest BCUT2D eigenvalue weighted by molar-refractivity contribution is 0.476. The number of phenolic OH excluding ortho intramolecular Hbond substituents is 1. The zero-order valence-electron chi connectivity index (χ0n) is 16.5. The molecule has 28 heavy (non-hydrogen) atoms. The summed E-state index contributed by atoms with van der Waals surface area (Å²) in [6, 6.07) is 21.0. The van der Waals surface area contributed by atoms with Crippen molar-refractivity contribution in [2.24, 2.45) is 0 Å². The van der Waals surface area contributed by atoms with Crippen molar-refractivity contribution in [1.29, 1.82) is 0 Å². The van der Waals surface area contributed by atoms with E-state index in [2.05, 4.69) is 60.9 Å². The van der Waals surface area contributed by atoms with Crippen LogP contribution in [0.25, 0.3) is 27.7 Å². The molecule has 0 saturated heterocycles. The van der Waals surface area contributed by atoms with E-state index >= 15 is 0 Å². The second-order valence-electron chi connectivity index (χ2n) is 7.98. The predicted molar refractivity (Wildman–Crippen MR) is 116 cm³/mol. The Morgan fingerprint density at radius 2 is 1.57 bits per heavy atom. The highest BCUT2D eigenvalue weighted by Crippen LogP contribution is 2.40. The smallest absolute Gasteiger partial charge is 0.116 e. The summed E-state index contributed by atoms with van der Waals surface area (Å²) in [5.41, 5.74) is 9.38. The summed E-state index contributed by atoms with van der Waals surface area (Å²) in [6.45, 7) is 4.39. The van der Waals surface area contributed by atoms with Gasteiger partial charge in [0.05, 0.1) is 11.4 Å². The molecule has 0 atom stereocenters. The van der Waals surface area contributed by atoms with Crippen molar-refractivity contribution in [2.75, 3.05) is 0 Å². The van der Waals surface area contributed by atoms with E-state index < -0.39 is 0 Å². The van der Waals surface area contributed by atoms with Crippen molar-refractivity contribution in [3.8, 4) is 22.7 Å². The molecule has 0 spiro atoms. The molecule has 0 fully saturated rings. The molecule has 1 aliphatic rings. The molecule has 1 aromatic heterocycles. The van der Waals surface area contributed by atoms with Crippen LogP contribution in [0.4, 0.5) is 0 Å². The van der Waals surface area contributed by atoms with Crippen molar-refractivity contribution in [3.63, 3.8) is 0 Å². The van der Waals surface area contributed by atoms with Gasteiger partial charge in [0.15, 0.2) is 0 Å². The van der Waals surface area contributed by atoms with Gasteiger partial charge < -0.3 is 9.67 Å². The third-order valence-corrected chi connectivity index (χ3v) is 6.16. The summed E-state index contributed by atoms with van der Waals surface area (Å²) in [7, 11) is 0. The number of hydrogen-bond donors (Lipinski definition) is 1. The second-order valence-corrected chi connectivity index (χ2v) is 7.98.